The van der Waals surface area contributed by atoms with Crippen molar-refractivity contribution in [1.29, 1.82) is 0 Å². The van der Waals surface area contributed by atoms with Crippen LogP contribution in [-0.2, 0) is 10.0 Å². The van der Waals surface area contributed by atoms with E-state index in [1.165, 1.54) is 7.11 Å². The molecule has 0 spiro atoms. The van der Waals surface area contributed by atoms with Gasteiger partial charge in [0.1, 0.15) is 5.75 Å². The van der Waals surface area contributed by atoms with Gasteiger partial charge in [0.15, 0.2) is 0 Å². The van der Waals surface area contributed by atoms with Gasteiger partial charge in [0.25, 0.3) is 0 Å². The summed E-state index contributed by atoms with van der Waals surface area (Å²) in [4.78, 5) is 4.80. The predicted molar refractivity (Wildman–Crippen MR) is 139 cm³/mol. The first-order chi connectivity index (χ1) is 15.7. The molecule has 34 heavy (non-hydrogen) atoms. The first kappa shape index (κ1) is 25.0. The maximum absolute atomic E-state index is 11.6. The quantitative estimate of drug-likeness (QED) is 0.197. The maximum Gasteiger partial charge on any atom is 0.229 e. The molecule has 1 heterocycles. The van der Waals surface area contributed by atoms with Gasteiger partial charge < -0.3 is 10.1 Å². The van der Waals surface area contributed by atoms with Crippen LogP contribution in [0.2, 0.25) is 0 Å². The SMILES string of the molecule is COc1cc(NS(C)(=O)=O)ccc1Nc1c2ccccc2nc2cc(N=NN(C)C)ccc12.Cl. The number of nitrogens with zero attached hydrogens (tertiary/aromatic N) is 4. The minimum absolute atomic E-state index is 0. The van der Waals surface area contributed by atoms with Crippen LogP contribution in [0.5, 0.6) is 5.75 Å². The zero-order chi connectivity index (χ0) is 23.6. The number of methoxy groups -OCH3 is 1. The van der Waals surface area contributed by atoms with Crippen LogP contribution in [0.15, 0.2) is 71.0 Å². The van der Waals surface area contributed by atoms with E-state index in [1.807, 2.05) is 56.6 Å². The fourth-order valence-electron chi connectivity index (χ4n) is 3.43. The highest BCUT2D eigenvalue weighted by Gasteiger charge is 2.13. The van der Waals surface area contributed by atoms with Crippen molar-refractivity contribution in [2.24, 2.45) is 10.3 Å². The van der Waals surface area contributed by atoms with Crippen LogP contribution in [0.3, 0.4) is 0 Å². The summed E-state index contributed by atoms with van der Waals surface area (Å²) >= 11 is 0. The van der Waals surface area contributed by atoms with E-state index in [1.54, 1.807) is 23.2 Å². The largest absolute Gasteiger partial charge is 0.494 e. The number of halogens is 1. The average molecular weight is 501 g/mol. The van der Waals surface area contributed by atoms with Gasteiger partial charge in [0.05, 0.1) is 47.1 Å². The molecule has 2 N–H and O–H groups in total. The molecule has 0 bridgehead atoms. The molecule has 11 heteroatoms. The normalized spacial score (nSPS) is 11.4. The summed E-state index contributed by atoms with van der Waals surface area (Å²) < 4.78 is 31.2. The van der Waals surface area contributed by atoms with Gasteiger partial charge in [-0.1, -0.05) is 23.4 Å². The summed E-state index contributed by atoms with van der Waals surface area (Å²) in [6.45, 7) is 0. The Morgan fingerprint density at radius 3 is 2.41 bits per heavy atom. The molecule has 0 aliphatic rings. The highest BCUT2D eigenvalue weighted by molar-refractivity contribution is 7.92. The smallest absolute Gasteiger partial charge is 0.229 e. The second-order valence-electron chi connectivity index (χ2n) is 7.66. The number of hydrogen-bond acceptors (Lipinski definition) is 7. The summed E-state index contributed by atoms with van der Waals surface area (Å²) in [5.41, 5.74) is 4.24. The molecule has 0 radical (unpaired) electrons. The van der Waals surface area contributed by atoms with Crippen molar-refractivity contribution in [3.63, 3.8) is 0 Å². The molecular formula is C23H25ClN6O3S. The molecule has 0 fully saturated rings. The molecule has 0 aliphatic heterocycles. The zero-order valence-electron chi connectivity index (χ0n) is 19.1. The van der Waals surface area contributed by atoms with Crippen LogP contribution in [0.25, 0.3) is 21.8 Å². The number of ether oxygens (including phenoxy) is 1. The van der Waals surface area contributed by atoms with Crippen molar-refractivity contribution >= 4 is 67.0 Å². The molecule has 9 nitrogen and oxygen atoms in total. The van der Waals surface area contributed by atoms with Crippen LogP contribution in [-0.4, -0.2) is 45.9 Å². The lowest BCUT2D eigenvalue weighted by Crippen LogP contribution is -2.09. The fraction of sp³-hybridized carbons (Fsp3) is 0.174. The number of pyridine rings is 1. The summed E-state index contributed by atoms with van der Waals surface area (Å²) in [6, 6.07) is 18.6. The molecule has 1 aromatic heterocycles. The lowest BCUT2D eigenvalue weighted by atomic mass is 10.1. The van der Waals surface area contributed by atoms with E-state index in [-0.39, 0.29) is 12.4 Å². The Kier molecular flexibility index (Phi) is 7.43. The van der Waals surface area contributed by atoms with Crippen LogP contribution >= 0.6 is 12.4 Å². The summed E-state index contributed by atoms with van der Waals surface area (Å²) in [5.74, 6) is 0.495. The summed E-state index contributed by atoms with van der Waals surface area (Å²) in [6.07, 6.45) is 1.10. The van der Waals surface area contributed by atoms with Gasteiger partial charge >= 0.3 is 0 Å². The zero-order valence-corrected chi connectivity index (χ0v) is 20.7. The van der Waals surface area contributed by atoms with Crippen LogP contribution < -0.4 is 14.8 Å². The van der Waals surface area contributed by atoms with Gasteiger partial charge in [-0.05, 0) is 36.4 Å². The second kappa shape index (κ2) is 10.1. The van der Waals surface area contributed by atoms with E-state index < -0.39 is 10.0 Å². The van der Waals surface area contributed by atoms with Gasteiger partial charge in [-0.25, -0.2) is 13.4 Å². The number of anilines is 3. The number of nitrogens with one attached hydrogen (secondary N) is 2. The third kappa shape index (κ3) is 5.64. The number of sulfonamides is 1. The Morgan fingerprint density at radius 2 is 1.71 bits per heavy atom. The van der Waals surface area contributed by atoms with Gasteiger partial charge in [0, 0.05) is 30.9 Å². The van der Waals surface area contributed by atoms with Crippen molar-refractivity contribution in [3.8, 4) is 5.75 Å². The van der Waals surface area contributed by atoms with Gasteiger partial charge in [-0.2, -0.15) is 0 Å². The van der Waals surface area contributed by atoms with E-state index in [2.05, 4.69) is 20.4 Å². The van der Waals surface area contributed by atoms with Crippen molar-refractivity contribution in [3.05, 3.63) is 60.7 Å². The molecule has 0 atom stereocenters. The fourth-order valence-corrected chi connectivity index (χ4v) is 3.98. The average Bonchev–Trinajstić information content (AvgIpc) is 2.77. The molecule has 0 amide bonds. The van der Waals surface area contributed by atoms with E-state index in [9.17, 15) is 8.42 Å². The van der Waals surface area contributed by atoms with Crippen LogP contribution in [0.1, 0.15) is 0 Å². The number of aromatic nitrogens is 1. The molecule has 4 aromatic rings. The Hall–Kier alpha value is -3.63. The molecule has 0 unspecified atom stereocenters. The first-order valence-corrected chi connectivity index (χ1v) is 12.0. The Labute approximate surface area is 204 Å². The van der Waals surface area contributed by atoms with Crippen LogP contribution in [0, 0.1) is 0 Å². The van der Waals surface area contributed by atoms with E-state index in [0.717, 1.165) is 33.7 Å². The van der Waals surface area contributed by atoms with Crippen molar-refractivity contribution in [2.45, 2.75) is 0 Å². The summed E-state index contributed by atoms with van der Waals surface area (Å²) in [7, 11) is 1.75. The Bertz CT molecular complexity index is 1470. The molecule has 178 valence electrons. The highest BCUT2D eigenvalue weighted by Crippen LogP contribution is 2.38. The van der Waals surface area contributed by atoms with Crippen molar-refractivity contribution in [2.75, 3.05) is 37.5 Å². The first-order valence-electron chi connectivity index (χ1n) is 10.1. The lowest BCUT2D eigenvalue weighted by molar-refractivity contribution is 0.408. The molecule has 0 aliphatic carbocycles. The lowest BCUT2D eigenvalue weighted by Gasteiger charge is -2.17. The van der Waals surface area contributed by atoms with Crippen molar-refractivity contribution in [1.82, 2.24) is 9.99 Å². The third-order valence-corrected chi connectivity index (χ3v) is 5.37. The Morgan fingerprint density at radius 1 is 0.971 bits per heavy atom. The van der Waals surface area contributed by atoms with Crippen LogP contribution in [0.4, 0.5) is 22.7 Å². The topological polar surface area (TPSA) is 108 Å². The molecule has 4 rings (SSSR count). The number of para-hydroxylation sites is 1. The highest BCUT2D eigenvalue weighted by atomic mass is 35.5. The minimum Gasteiger partial charge on any atom is -0.494 e. The van der Waals surface area contributed by atoms with Gasteiger partial charge in [0.2, 0.25) is 10.0 Å². The molecule has 0 saturated carbocycles. The second-order valence-corrected chi connectivity index (χ2v) is 9.40. The van der Waals surface area contributed by atoms with E-state index in [4.69, 9.17) is 9.72 Å². The number of benzene rings is 3. The summed E-state index contributed by atoms with van der Waals surface area (Å²) in [5, 5.41) is 15.2. The van der Waals surface area contributed by atoms with E-state index in [0.29, 0.717) is 22.8 Å². The number of rotatable bonds is 7. The number of hydrogen-bond donors (Lipinski definition) is 2. The van der Waals surface area contributed by atoms with Crippen molar-refractivity contribution < 1.29 is 13.2 Å². The molecule has 0 saturated heterocycles. The molecule has 3 aromatic carbocycles. The predicted octanol–water partition coefficient (Wildman–Crippen LogP) is 5.49. The third-order valence-electron chi connectivity index (χ3n) is 4.77. The standard InChI is InChI=1S/C23H24N6O3S.ClH/c1-29(2)28-26-15-9-11-18-21(13-15)24-19-8-6-5-7-17(19)23(18)25-20-12-10-16(14-22(20)32-3)27-33(4,30)31;/h5-14,27H,1-4H3,(H,24,25);1H. The Balaban J connectivity index is 0.00000324. The number of fused-ring (bicyclic) bond motifs is 2. The van der Waals surface area contributed by atoms with Gasteiger partial charge in [-0.3, -0.25) is 9.73 Å². The van der Waals surface area contributed by atoms with Gasteiger partial charge in [-0.15, -0.1) is 17.5 Å². The monoisotopic (exact) mass is 500 g/mol. The van der Waals surface area contributed by atoms with E-state index >= 15 is 0 Å². The molecular weight excluding hydrogens is 476 g/mol. The maximum atomic E-state index is 11.6. The minimum atomic E-state index is -3.40.